The van der Waals surface area contributed by atoms with Crippen molar-refractivity contribution >= 4 is 17.6 Å². The van der Waals surface area contributed by atoms with Crippen LogP contribution >= 0.6 is 0 Å². The van der Waals surface area contributed by atoms with Crippen LogP contribution in [0.1, 0.15) is 49.8 Å². The van der Waals surface area contributed by atoms with Crippen LogP contribution in [0.15, 0.2) is 71.7 Å². The Kier molecular flexibility index (Phi) is 5.38. The van der Waals surface area contributed by atoms with E-state index in [1.807, 2.05) is 54.7 Å². The Morgan fingerprint density at radius 2 is 1.60 bits per heavy atom. The lowest BCUT2D eigenvalue weighted by atomic mass is 9.80. The number of fused-ring (bicyclic) bond motifs is 1. The van der Waals surface area contributed by atoms with Gasteiger partial charge in [0.15, 0.2) is 0 Å². The summed E-state index contributed by atoms with van der Waals surface area (Å²) in [5.41, 5.74) is 6.18. The van der Waals surface area contributed by atoms with Crippen molar-refractivity contribution in [1.29, 1.82) is 0 Å². The number of nitrogens with zero attached hydrogens (tertiary/aromatic N) is 2. The molecule has 0 amide bonds. The Morgan fingerprint density at radius 3 is 2.27 bits per heavy atom. The number of benzene rings is 3. The van der Waals surface area contributed by atoms with E-state index in [9.17, 15) is 0 Å². The first-order valence-corrected chi connectivity index (χ1v) is 10.6. The molecule has 3 nitrogen and oxygen atoms in total. The van der Waals surface area contributed by atoms with Crippen molar-refractivity contribution in [2.75, 3.05) is 11.9 Å². The fourth-order valence-electron chi connectivity index (χ4n) is 4.17. The molecule has 0 aromatic heterocycles. The first-order chi connectivity index (χ1) is 14.3. The average Bonchev–Trinajstić information content (AvgIpc) is 2.73. The highest BCUT2D eigenvalue weighted by Gasteiger charge is 2.33. The summed E-state index contributed by atoms with van der Waals surface area (Å²) in [6.07, 6.45) is 3.10. The van der Waals surface area contributed by atoms with E-state index in [4.69, 9.17) is 4.74 Å². The van der Waals surface area contributed by atoms with Crippen LogP contribution in [-0.2, 0) is 0 Å². The predicted octanol–water partition coefficient (Wildman–Crippen LogP) is 7.26. The lowest BCUT2D eigenvalue weighted by molar-refractivity contribution is 0.395. The summed E-state index contributed by atoms with van der Waals surface area (Å²) in [5.74, 6) is 2.19. The third-order valence-corrected chi connectivity index (χ3v) is 6.11. The Labute approximate surface area is 180 Å². The molecule has 1 aliphatic rings. The lowest BCUT2D eigenvalue weighted by Gasteiger charge is -2.45. The summed E-state index contributed by atoms with van der Waals surface area (Å²) in [4.78, 5) is 7.06. The molecule has 1 atom stereocenters. The van der Waals surface area contributed by atoms with Crippen LogP contribution < -0.4 is 9.64 Å². The zero-order valence-electron chi connectivity index (χ0n) is 18.5. The summed E-state index contributed by atoms with van der Waals surface area (Å²) in [6.45, 7) is 9.02. The van der Waals surface area contributed by atoms with Crippen molar-refractivity contribution in [3.05, 3.63) is 83.4 Å². The number of aliphatic imine (C=N–C) groups is 1. The van der Waals surface area contributed by atoms with Crippen LogP contribution in [0.2, 0.25) is 0 Å². The summed E-state index contributed by atoms with van der Waals surface area (Å²) in [7, 11) is 2.19. The van der Waals surface area contributed by atoms with Crippen LogP contribution in [0.3, 0.4) is 0 Å². The van der Waals surface area contributed by atoms with Crippen molar-refractivity contribution in [3.8, 4) is 11.5 Å². The third-order valence-electron chi connectivity index (χ3n) is 6.11. The molecule has 0 bridgehead atoms. The highest BCUT2D eigenvalue weighted by Crippen LogP contribution is 2.42. The average molecular weight is 399 g/mol. The van der Waals surface area contributed by atoms with Gasteiger partial charge in [-0.15, -0.1) is 0 Å². The summed E-state index contributed by atoms with van der Waals surface area (Å²) in [6, 6.07) is 22.6. The quantitative estimate of drug-likeness (QED) is 0.432. The Balaban J connectivity index is 1.48. The van der Waals surface area contributed by atoms with E-state index in [-0.39, 0.29) is 5.54 Å². The minimum absolute atomic E-state index is 0.185. The standard InChI is InChI=1S/C27H30N2O/c1-19-6-11-23(12-7-19)30-24-13-9-22(10-14-24)28-18-21-8-15-26-25(16-21)20(2)17-27(3,4)29(26)5/h6-16,18,20H,17H2,1-5H3/t20-/m1/s1. The molecule has 154 valence electrons. The van der Waals surface area contributed by atoms with Crippen LogP contribution in [0.25, 0.3) is 0 Å². The first kappa shape index (κ1) is 20.2. The van der Waals surface area contributed by atoms with Gasteiger partial charge in [0, 0.05) is 24.5 Å². The van der Waals surface area contributed by atoms with E-state index in [1.54, 1.807) is 0 Å². The Bertz CT molecular complexity index is 1050. The van der Waals surface area contributed by atoms with Gasteiger partial charge < -0.3 is 9.64 Å². The Morgan fingerprint density at radius 1 is 0.967 bits per heavy atom. The number of hydrogen-bond donors (Lipinski definition) is 0. The van der Waals surface area contributed by atoms with Crippen molar-refractivity contribution in [1.82, 2.24) is 0 Å². The number of aryl methyl sites for hydroxylation is 1. The fraction of sp³-hybridized carbons (Fsp3) is 0.296. The molecule has 0 unspecified atom stereocenters. The maximum Gasteiger partial charge on any atom is 0.127 e. The molecule has 4 rings (SSSR count). The van der Waals surface area contributed by atoms with Gasteiger partial charge >= 0.3 is 0 Å². The minimum Gasteiger partial charge on any atom is -0.457 e. The smallest absolute Gasteiger partial charge is 0.127 e. The second-order valence-corrected chi connectivity index (χ2v) is 8.96. The van der Waals surface area contributed by atoms with Gasteiger partial charge in [0.1, 0.15) is 11.5 Å². The molecule has 0 aliphatic carbocycles. The van der Waals surface area contributed by atoms with Gasteiger partial charge in [0.05, 0.1) is 5.69 Å². The fourth-order valence-corrected chi connectivity index (χ4v) is 4.17. The van der Waals surface area contributed by atoms with Gasteiger partial charge in [-0.05, 0) is 92.8 Å². The van der Waals surface area contributed by atoms with Gasteiger partial charge in [-0.3, -0.25) is 4.99 Å². The summed E-state index contributed by atoms with van der Waals surface area (Å²) in [5, 5.41) is 0. The molecular weight excluding hydrogens is 368 g/mol. The predicted molar refractivity (Wildman–Crippen MR) is 127 cm³/mol. The lowest BCUT2D eigenvalue weighted by Crippen LogP contribution is -2.45. The first-order valence-electron chi connectivity index (χ1n) is 10.6. The summed E-state index contributed by atoms with van der Waals surface area (Å²) >= 11 is 0. The van der Waals surface area contributed by atoms with Crippen molar-refractivity contribution in [3.63, 3.8) is 0 Å². The van der Waals surface area contributed by atoms with E-state index < -0.39 is 0 Å². The van der Waals surface area contributed by atoms with Gasteiger partial charge in [0.25, 0.3) is 0 Å². The Hall–Kier alpha value is -3.07. The van der Waals surface area contributed by atoms with Gasteiger partial charge in [0.2, 0.25) is 0 Å². The van der Waals surface area contributed by atoms with E-state index >= 15 is 0 Å². The van der Waals surface area contributed by atoms with E-state index in [1.165, 1.54) is 16.8 Å². The molecule has 0 saturated carbocycles. The van der Waals surface area contributed by atoms with Crippen LogP contribution in [-0.4, -0.2) is 18.8 Å². The molecule has 0 spiro atoms. The molecule has 0 N–H and O–H groups in total. The minimum atomic E-state index is 0.185. The molecule has 1 heterocycles. The second kappa shape index (κ2) is 7.98. The monoisotopic (exact) mass is 398 g/mol. The molecule has 3 aromatic carbocycles. The van der Waals surface area contributed by atoms with Crippen LogP contribution in [0.4, 0.5) is 11.4 Å². The molecule has 0 fully saturated rings. The molecule has 0 saturated heterocycles. The van der Waals surface area contributed by atoms with E-state index in [0.29, 0.717) is 5.92 Å². The third kappa shape index (κ3) is 4.25. The molecular formula is C27H30N2O. The normalized spacial score (nSPS) is 17.8. The van der Waals surface area contributed by atoms with Gasteiger partial charge in [-0.25, -0.2) is 0 Å². The molecule has 30 heavy (non-hydrogen) atoms. The highest BCUT2D eigenvalue weighted by atomic mass is 16.5. The molecule has 0 radical (unpaired) electrons. The number of anilines is 1. The number of ether oxygens (including phenoxy) is 1. The summed E-state index contributed by atoms with van der Waals surface area (Å²) < 4.78 is 5.90. The van der Waals surface area contributed by atoms with Crippen molar-refractivity contribution in [2.45, 2.75) is 45.6 Å². The van der Waals surface area contributed by atoms with Gasteiger partial charge in [-0.2, -0.15) is 0 Å². The zero-order chi connectivity index (χ0) is 21.3. The van der Waals surface area contributed by atoms with E-state index in [0.717, 1.165) is 29.2 Å². The number of rotatable bonds is 4. The van der Waals surface area contributed by atoms with Crippen LogP contribution in [0, 0.1) is 6.92 Å². The second-order valence-electron chi connectivity index (χ2n) is 8.96. The largest absolute Gasteiger partial charge is 0.457 e. The molecule has 3 heteroatoms. The SMILES string of the molecule is Cc1ccc(Oc2ccc(N=Cc3ccc4c(c3)[C@H](C)CC(C)(C)N4C)cc2)cc1. The highest BCUT2D eigenvalue weighted by molar-refractivity contribution is 5.83. The van der Waals surface area contributed by atoms with Crippen molar-refractivity contribution < 1.29 is 4.74 Å². The van der Waals surface area contributed by atoms with Gasteiger partial charge in [-0.1, -0.05) is 30.7 Å². The van der Waals surface area contributed by atoms with Crippen molar-refractivity contribution in [2.24, 2.45) is 4.99 Å². The maximum atomic E-state index is 5.90. The van der Waals surface area contributed by atoms with Crippen LogP contribution in [0.5, 0.6) is 11.5 Å². The number of hydrogen-bond acceptors (Lipinski definition) is 3. The topological polar surface area (TPSA) is 24.8 Å². The zero-order valence-corrected chi connectivity index (χ0v) is 18.5. The van der Waals surface area contributed by atoms with E-state index in [2.05, 4.69) is 62.8 Å². The maximum absolute atomic E-state index is 5.90. The molecule has 3 aromatic rings. The molecule has 1 aliphatic heterocycles.